The van der Waals surface area contributed by atoms with Crippen molar-refractivity contribution in [1.82, 2.24) is 4.90 Å². The number of aryl methyl sites for hydroxylation is 1. The standard InChI is InChI=1S/C17H27N3/c1-15-4-2-5-16(14-15)20-12-10-19(11-13-20)9-8-17(18)6-3-7-17/h2,4-5,14H,3,6-13,18H2,1H3. The highest BCUT2D eigenvalue weighted by Gasteiger charge is 2.32. The predicted octanol–water partition coefficient (Wildman–Crippen LogP) is 2.39. The van der Waals surface area contributed by atoms with Crippen LogP contribution in [0.25, 0.3) is 0 Å². The van der Waals surface area contributed by atoms with Gasteiger partial charge in [-0.1, -0.05) is 12.1 Å². The maximum absolute atomic E-state index is 6.32. The fourth-order valence-electron chi connectivity index (χ4n) is 3.32. The largest absolute Gasteiger partial charge is 0.369 e. The van der Waals surface area contributed by atoms with Crippen LogP contribution in [0, 0.1) is 6.92 Å². The van der Waals surface area contributed by atoms with Crippen molar-refractivity contribution < 1.29 is 0 Å². The van der Waals surface area contributed by atoms with Gasteiger partial charge in [0, 0.05) is 44.0 Å². The molecule has 1 aliphatic carbocycles. The number of piperazine rings is 1. The summed E-state index contributed by atoms with van der Waals surface area (Å²) in [5.74, 6) is 0. The van der Waals surface area contributed by atoms with Crippen LogP contribution < -0.4 is 10.6 Å². The molecule has 0 unspecified atom stereocenters. The summed E-state index contributed by atoms with van der Waals surface area (Å²) in [7, 11) is 0. The van der Waals surface area contributed by atoms with Crippen molar-refractivity contribution in [1.29, 1.82) is 0 Å². The van der Waals surface area contributed by atoms with Crippen LogP contribution in [0.4, 0.5) is 5.69 Å². The van der Waals surface area contributed by atoms with Gasteiger partial charge in [-0.2, -0.15) is 0 Å². The number of nitrogens with two attached hydrogens (primary N) is 1. The van der Waals surface area contributed by atoms with Gasteiger partial charge in [0.05, 0.1) is 0 Å². The van der Waals surface area contributed by atoms with Gasteiger partial charge in [0.25, 0.3) is 0 Å². The van der Waals surface area contributed by atoms with E-state index in [1.54, 1.807) is 0 Å². The molecule has 0 aromatic heterocycles. The van der Waals surface area contributed by atoms with Gasteiger partial charge in [-0.05, 0) is 50.3 Å². The minimum Gasteiger partial charge on any atom is -0.369 e. The van der Waals surface area contributed by atoms with Crippen molar-refractivity contribution in [3.8, 4) is 0 Å². The second-order valence-electron chi connectivity index (χ2n) is 6.63. The van der Waals surface area contributed by atoms with Crippen LogP contribution in [0.3, 0.4) is 0 Å². The fraction of sp³-hybridized carbons (Fsp3) is 0.647. The molecule has 1 saturated carbocycles. The Hall–Kier alpha value is -1.06. The molecular weight excluding hydrogens is 246 g/mol. The summed E-state index contributed by atoms with van der Waals surface area (Å²) in [5, 5.41) is 0. The van der Waals surface area contributed by atoms with E-state index < -0.39 is 0 Å². The van der Waals surface area contributed by atoms with Crippen LogP contribution in [-0.2, 0) is 0 Å². The number of nitrogens with zero attached hydrogens (tertiary/aromatic N) is 2. The minimum absolute atomic E-state index is 0.174. The number of hydrogen-bond donors (Lipinski definition) is 1. The lowest BCUT2D eigenvalue weighted by Crippen LogP contribution is -2.51. The summed E-state index contributed by atoms with van der Waals surface area (Å²) in [6.45, 7) is 7.97. The van der Waals surface area contributed by atoms with E-state index in [-0.39, 0.29) is 5.54 Å². The Morgan fingerprint density at radius 1 is 1.15 bits per heavy atom. The molecule has 1 saturated heterocycles. The Kier molecular flexibility index (Phi) is 3.99. The molecule has 1 aliphatic heterocycles. The molecular formula is C17H27N3. The van der Waals surface area contributed by atoms with Crippen LogP contribution in [0.1, 0.15) is 31.2 Å². The highest BCUT2D eigenvalue weighted by Crippen LogP contribution is 2.32. The molecule has 0 radical (unpaired) electrons. The average molecular weight is 273 g/mol. The first-order valence-electron chi connectivity index (χ1n) is 7.98. The van der Waals surface area contributed by atoms with E-state index in [0.29, 0.717) is 0 Å². The van der Waals surface area contributed by atoms with Gasteiger partial charge in [0.2, 0.25) is 0 Å². The van der Waals surface area contributed by atoms with Crippen molar-refractivity contribution in [2.75, 3.05) is 37.6 Å². The quantitative estimate of drug-likeness (QED) is 0.914. The van der Waals surface area contributed by atoms with E-state index in [0.717, 1.165) is 13.1 Å². The van der Waals surface area contributed by atoms with Gasteiger partial charge in [0.1, 0.15) is 0 Å². The first-order valence-corrected chi connectivity index (χ1v) is 7.98. The lowest BCUT2D eigenvalue weighted by molar-refractivity contribution is 0.176. The van der Waals surface area contributed by atoms with Crippen molar-refractivity contribution in [3.63, 3.8) is 0 Å². The van der Waals surface area contributed by atoms with Gasteiger partial charge >= 0.3 is 0 Å². The van der Waals surface area contributed by atoms with Gasteiger partial charge in [-0.3, -0.25) is 4.90 Å². The van der Waals surface area contributed by atoms with Crippen LogP contribution >= 0.6 is 0 Å². The molecule has 2 N–H and O–H groups in total. The third-order valence-electron chi connectivity index (χ3n) is 5.01. The normalized spacial score (nSPS) is 22.6. The Labute approximate surface area is 122 Å². The molecule has 1 aromatic rings. The molecule has 3 nitrogen and oxygen atoms in total. The monoisotopic (exact) mass is 273 g/mol. The molecule has 2 aliphatic rings. The van der Waals surface area contributed by atoms with Crippen LogP contribution in [-0.4, -0.2) is 43.2 Å². The first-order chi connectivity index (χ1) is 9.65. The second-order valence-corrected chi connectivity index (χ2v) is 6.63. The Morgan fingerprint density at radius 3 is 2.50 bits per heavy atom. The van der Waals surface area contributed by atoms with Gasteiger partial charge in [0.15, 0.2) is 0 Å². The van der Waals surface area contributed by atoms with Gasteiger partial charge < -0.3 is 10.6 Å². The van der Waals surface area contributed by atoms with Gasteiger partial charge in [-0.25, -0.2) is 0 Å². The van der Waals surface area contributed by atoms with E-state index in [1.807, 2.05) is 0 Å². The summed E-state index contributed by atoms with van der Waals surface area (Å²) in [5.41, 5.74) is 9.21. The number of rotatable bonds is 4. The van der Waals surface area contributed by atoms with E-state index in [9.17, 15) is 0 Å². The maximum atomic E-state index is 6.32. The van der Waals surface area contributed by atoms with Crippen LogP contribution in [0.15, 0.2) is 24.3 Å². The van der Waals surface area contributed by atoms with Crippen molar-refractivity contribution in [3.05, 3.63) is 29.8 Å². The third kappa shape index (κ3) is 3.15. The average Bonchev–Trinajstić information content (AvgIpc) is 2.44. The van der Waals surface area contributed by atoms with Crippen molar-refractivity contribution in [2.45, 2.75) is 38.1 Å². The molecule has 0 atom stereocenters. The van der Waals surface area contributed by atoms with E-state index in [1.165, 1.54) is 56.6 Å². The Morgan fingerprint density at radius 2 is 1.90 bits per heavy atom. The smallest absolute Gasteiger partial charge is 0.0369 e. The molecule has 110 valence electrons. The lowest BCUT2D eigenvalue weighted by atomic mass is 9.75. The number of hydrogen-bond acceptors (Lipinski definition) is 3. The van der Waals surface area contributed by atoms with Crippen molar-refractivity contribution in [2.24, 2.45) is 5.73 Å². The lowest BCUT2D eigenvalue weighted by Gasteiger charge is -2.41. The molecule has 20 heavy (non-hydrogen) atoms. The zero-order valence-corrected chi connectivity index (χ0v) is 12.6. The summed E-state index contributed by atoms with van der Waals surface area (Å²) < 4.78 is 0. The topological polar surface area (TPSA) is 32.5 Å². The zero-order valence-electron chi connectivity index (χ0n) is 12.6. The summed E-state index contributed by atoms with van der Waals surface area (Å²) in [6.07, 6.45) is 4.97. The van der Waals surface area contributed by atoms with E-state index in [4.69, 9.17) is 5.73 Å². The minimum atomic E-state index is 0.174. The van der Waals surface area contributed by atoms with Crippen LogP contribution in [0.2, 0.25) is 0 Å². The summed E-state index contributed by atoms with van der Waals surface area (Å²) in [6, 6.07) is 8.84. The summed E-state index contributed by atoms with van der Waals surface area (Å²) >= 11 is 0. The maximum Gasteiger partial charge on any atom is 0.0369 e. The Balaban J connectivity index is 1.47. The highest BCUT2D eigenvalue weighted by molar-refractivity contribution is 5.48. The molecule has 0 bridgehead atoms. The van der Waals surface area contributed by atoms with E-state index in [2.05, 4.69) is 41.0 Å². The third-order valence-corrected chi connectivity index (χ3v) is 5.01. The zero-order chi connectivity index (χ0) is 14.0. The van der Waals surface area contributed by atoms with Crippen molar-refractivity contribution >= 4 is 5.69 Å². The molecule has 0 spiro atoms. The summed E-state index contributed by atoms with van der Waals surface area (Å²) in [4.78, 5) is 5.09. The van der Waals surface area contributed by atoms with Crippen LogP contribution in [0.5, 0.6) is 0 Å². The van der Waals surface area contributed by atoms with E-state index >= 15 is 0 Å². The SMILES string of the molecule is Cc1cccc(N2CCN(CCC3(N)CCC3)CC2)c1. The molecule has 1 heterocycles. The predicted molar refractivity (Wildman–Crippen MR) is 85.2 cm³/mol. The molecule has 3 rings (SSSR count). The van der Waals surface area contributed by atoms with Gasteiger partial charge in [-0.15, -0.1) is 0 Å². The molecule has 0 amide bonds. The molecule has 3 heteroatoms. The number of benzene rings is 1. The highest BCUT2D eigenvalue weighted by atomic mass is 15.3. The second kappa shape index (κ2) is 5.74. The first kappa shape index (κ1) is 13.9. The fourth-order valence-corrected chi connectivity index (χ4v) is 3.32. The Bertz CT molecular complexity index is 445. The molecule has 2 fully saturated rings. The number of anilines is 1. The molecule has 1 aromatic carbocycles.